The molecule has 3 aromatic carbocycles. The van der Waals surface area contributed by atoms with Crippen LogP contribution in [0.25, 0.3) is 17.1 Å². The Hall–Kier alpha value is -2.77. The van der Waals surface area contributed by atoms with Gasteiger partial charge in [-0.1, -0.05) is 61.7 Å². The van der Waals surface area contributed by atoms with E-state index in [4.69, 9.17) is 0 Å². The van der Waals surface area contributed by atoms with Crippen LogP contribution < -0.4 is 5.32 Å². The SMILES string of the molecule is Cc1ccc(NC(=O)c2nc(-c3ccc(Br)cc3)n(-c3ccc(Br)cc3)n2)c(C)c1. The van der Waals surface area contributed by atoms with E-state index >= 15 is 0 Å². The maximum Gasteiger partial charge on any atom is 0.295 e. The van der Waals surface area contributed by atoms with Crippen molar-refractivity contribution in [3.63, 3.8) is 0 Å². The first-order valence-electron chi connectivity index (χ1n) is 9.28. The van der Waals surface area contributed by atoms with Gasteiger partial charge in [0, 0.05) is 20.2 Å². The number of benzene rings is 3. The minimum Gasteiger partial charge on any atom is -0.319 e. The molecule has 0 radical (unpaired) electrons. The first-order chi connectivity index (χ1) is 14.4. The summed E-state index contributed by atoms with van der Waals surface area (Å²) in [6.07, 6.45) is 0. The highest BCUT2D eigenvalue weighted by Gasteiger charge is 2.19. The fraction of sp³-hybridized carbons (Fsp3) is 0.0870. The molecule has 0 fully saturated rings. The summed E-state index contributed by atoms with van der Waals surface area (Å²) in [5, 5.41) is 7.44. The van der Waals surface area contributed by atoms with E-state index in [1.165, 1.54) is 0 Å². The molecule has 0 saturated carbocycles. The first-order valence-corrected chi connectivity index (χ1v) is 10.9. The van der Waals surface area contributed by atoms with Crippen molar-refractivity contribution in [3.8, 4) is 17.1 Å². The number of nitrogens with one attached hydrogen (secondary N) is 1. The third-order valence-corrected chi connectivity index (χ3v) is 5.67. The maximum absolute atomic E-state index is 12.9. The lowest BCUT2D eigenvalue weighted by Gasteiger charge is -2.07. The molecule has 0 atom stereocenters. The Bertz CT molecular complexity index is 1150. The number of nitrogens with zero attached hydrogens (tertiary/aromatic N) is 3. The number of anilines is 1. The summed E-state index contributed by atoms with van der Waals surface area (Å²) >= 11 is 6.91. The van der Waals surface area contributed by atoms with Crippen molar-refractivity contribution >= 4 is 43.5 Å². The van der Waals surface area contributed by atoms with Gasteiger partial charge in [-0.25, -0.2) is 9.67 Å². The number of hydrogen-bond donors (Lipinski definition) is 1. The Morgan fingerprint density at radius 2 is 1.53 bits per heavy atom. The van der Waals surface area contributed by atoms with Crippen molar-refractivity contribution in [2.24, 2.45) is 0 Å². The second-order valence-corrected chi connectivity index (χ2v) is 8.76. The highest BCUT2D eigenvalue weighted by atomic mass is 79.9. The topological polar surface area (TPSA) is 59.8 Å². The van der Waals surface area contributed by atoms with Crippen LogP contribution in [0.4, 0.5) is 5.69 Å². The molecule has 0 bridgehead atoms. The zero-order valence-corrected chi connectivity index (χ0v) is 19.5. The van der Waals surface area contributed by atoms with Gasteiger partial charge >= 0.3 is 0 Å². The first kappa shape index (κ1) is 20.5. The summed E-state index contributed by atoms with van der Waals surface area (Å²) in [7, 11) is 0. The molecule has 1 amide bonds. The number of carbonyl (C=O) groups excluding carboxylic acids is 1. The fourth-order valence-corrected chi connectivity index (χ4v) is 3.62. The Kier molecular flexibility index (Phi) is 5.83. The van der Waals surface area contributed by atoms with Crippen molar-refractivity contribution in [2.45, 2.75) is 13.8 Å². The zero-order chi connectivity index (χ0) is 21.3. The standard InChI is InChI=1S/C23H18Br2N4O/c1-14-3-12-20(15(2)13-14)26-23(30)21-27-22(16-4-6-17(24)7-5-16)29(28-21)19-10-8-18(25)9-11-19/h3-13H,1-2H3,(H,26,30). The molecule has 30 heavy (non-hydrogen) atoms. The van der Waals surface area contributed by atoms with E-state index in [1.807, 2.05) is 80.6 Å². The number of hydrogen-bond acceptors (Lipinski definition) is 3. The maximum atomic E-state index is 12.9. The van der Waals surface area contributed by atoms with E-state index in [0.29, 0.717) is 5.82 Å². The monoisotopic (exact) mass is 524 g/mol. The smallest absolute Gasteiger partial charge is 0.295 e. The summed E-state index contributed by atoms with van der Waals surface area (Å²) in [6.45, 7) is 3.98. The van der Waals surface area contributed by atoms with Gasteiger partial charge in [-0.15, -0.1) is 5.10 Å². The number of aryl methyl sites for hydroxylation is 2. The predicted molar refractivity (Wildman–Crippen MR) is 126 cm³/mol. The van der Waals surface area contributed by atoms with Gasteiger partial charge in [0.25, 0.3) is 5.91 Å². The van der Waals surface area contributed by atoms with Crippen LogP contribution in [-0.4, -0.2) is 20.7 Å². The second kappa shape index (κ2) is 8.53. The van der Waals surface area contributed by atoms with Crippen molar-refractivity contribution in [1.29, 1.82) is 0 Å². The van der Waals surface area contributed by atoms with Crippen LogP contribution >= 0.6 is 31.9 Å². The lowest BCUT2D eigenvalue weighted by atomic mass is 10.1. The van der Waals surface area contributed by atoms with Crippen LogP contribution in [0.5, 0.6) is 0 Å². The lowest BCUT2D eigenvalue weighted by molar-refractivity contribution is 0.101. The molecule has 0 aliphatic heterocycles. The molecule has 150 valence electrons. The van der Waals surface area contributed by atoms with Gasteiger partial charge in [-0.3, -0.25) is 4.79 Å². The molecule has 0 aliphatic carbocycles. The number of halogens is 2. The van der Waals surface area contributed by atoms with Crippen LogP contribution in [0.1, 0.15) is 21.7 Å². The van der Waals surface area contributed by atoms with Crippen molar-refractivity contribution in [1.82, 2.24) is 14.8 Å². The third kappa shape index (κ3) is 4.37. The average molecular weight is 526 g/mol. The van der Waals surface area contributed by atoms with E-state index in [9.17, 15) is 4.79 Å². The molecular weight excluding hydrogens is 508 g/mol. The zero-order valence-electron chi connectivity index (χ0n) is 16.4. The molecule has 0 aliphatic rings. The van der Waals surface area contributed by atoms with Crippen molar-refractivity contribution < 1.29 is 4.79 Å². The van der Waals surface area contributed by atoms with Gasteiger partial charge in [0.15, 0.2) is 5.82 Å². The minimum atomic E-state index is -0.351. The number of rotatable bonds is 4. The van der Waals surface area contributed by atoms with Crippen LogP contribution in [0, 0.1) is 13.8 Å². The van der Waals surface area contributed by atoms with Crippen LogP contribution in [0.2, 0.25) is 0 Å². The number of amides is 1. The Labute approximate surface area is 191 Å². The molecular formula is C23H18Br2N4O. The highest BCUT2D eigenvalue weighted by Crippen LogP contribution is 2.25. The van der Waals surface area contributed by atoms with Gasteiger partial charge in [0.2, 0.25) is 5.82 Å². The lowest BCUT2D eigenvalue weighted by Crippen LogP contribution is -2.15. The van der Waals surface area contributed by atoms with E-state index in [1.54, 1.807) is 4.68 Å². The summed E-state index contributed by atoms with van der Waals surface area (Å²) in [5.41, 5.74) is 4.55. The summed E-state index contributed by atoms with van der Waals surface area (Å²) in [5.74, 6) is 0.350. The molecule has 0 saturated heterocycles. The number of aromatic nitrogens is 3. The fourth-order valence-electron chi connectivity index (χ4n) is 3.09. The Morgan fingerprint density at radius 3 is 2.17 bits per heavy atom. The Morgan fingerprint density at radius 1 is 0.900 bits per heavy atom. The molecule has 1 heterocycles. The average Bonchev–Trinajstić information content (AvgIpc) is 3.17. The van der Waals surface area contributed by atoms with E-state index in [0.717, 1.165) is 37.0 Å². The molecule has 7 heteroatoms. The van der Waals surface area contributed by atoms with E-state index < -0.39 is 0 Å². The Balaban J connectivity index is 1.75. The van der Waals surface area contributed by atoms with Crippen LogP contribution in [0.3, 0.4) is 0 Å². The summed E-state index contributed by atoms with van der Waals surface area (Å²) < 4.78 is 3.62. The third-order valence-electron chi connectivity index (χ3n) is 4.61. The van der Waals surface area contributed by atoms with E-state index in [-0.39, 0.29) is 11.7 Å². The van der Waals surface area contributed by atoms with Crippen LogP contribution in [-0.2, 0) is 0 Å². The second-order valence-electron chi connectivity index (χ2n) is 6.93. The summed E-state index contributed by atoms with van der Waals surface area (Å²) in [4.78, 5) is 17.5. The summed E-state index contributed by atoms with van der Waals surface area (Å²) in [6, 6.07) is 21.3. The van der Waals surface area contributed by atoms with Gasteiger partial charge < -0.3 is 5.32 Å². The molecule has 4 aromatic rings. The largest absolute Gasteiger partial charge is 0.319 e. The molecule has 1 N–H and O–H groups in total. The number of carbonyl (C=O) groups is 1. The van der Waals surface area contributed by atoms with Crippen molar-refractivity contribution in [2.75, 3.05) is 5.32 Å². The predicted octanol–water partition coefficient (Wildman–Crippen LogP) is 6.33. The molecule has 4 rings (SSSR count). The van der Waals surface area contributed by atoms with Gasteiger partial charge in [0.1, 0.15) is 0 Å². The molecule has 1 aromatic heterocycles. The van der Waals surface area contributed by atoms with Crippen LogP contribution in [0.15, 0.2) is 75.7 Å². The molecule has 0 spiro atoms. The highest BCUT2D eigenvalue weighted by molar-refractivity contribution is 9.10. The van der Waals surface area contributed by atoms with Gasteiger partial charge in [0.05, 0.1) is 5.69 Å². The quantitative estimate of drug-likeness (QED) is 0.338. The molecule has 5 nitrogen and oxygen atoms in total. The molecule has 0 unspecified atom stereocenters. The normalized spacial score (nSPS) is 10.8. The van der Waals surface area contributed by atoms with Gasteiger partial charge in [-0.05, 0) is 61.9 Å². The van der Waals surface area contributed by atoms with Gasteiger partial charge in [-0.2, -0.15) is 0 Å². The van der Waals surface area contributed by atoms with Crippen molar-refractivity contribution in [3.05, 3.63) is 92.6 Å². The van der Waals surface area contributed by atoms with E-state index in [2.05, 4.69) is 47.3 Å². The minimum absolute atomic E-state index is 0.107.